The molecule has 10 heteroatoms. The number of benzene rings is 2. The van der Waals surface area contributed by atoms with Gasteiger partial charge in [0.1, 0.15) is 11.9 Å². The van der Waals surface area contributed by atoms with Crippen molar-refractivity contribution >= 4 is 29.1 Å². The average molecular weight is 437 g/mol. The largest absolute Gasteiger partial charge is 0.462 e. The molecule has 0 spiro atoms. The zero-order valence-electron chi connectivity index (χ0n) is 15.6. The number of nitriles is 1. The number of halogens is 4. The van der Waals surface area contributed by atoms with Gasteiger partial charge in [-0.05, 0) is 43.3 Å². The molecule has 0 saturated carbocycles. The number of nitrogens with one attached hydrogen (secondary N) is 1. The molecular formula is C20H16ClF3N4O2. The number of carbonyl (C=O) groups is 1. The lowest BCUT2D eigenvalue weighted by Crippen LogP contribution is -2.18. The van der Waals surface area contributed by atoms with Gasteiger partial charge in [0.05, 0.1) is 12.2 Å². The predicted molar refractivity (Wildman–Crippen MR) is 107 cm³/mol. The van der Waals surface area contributed by atoms with Gasteiger partial charge in [-0.2, -0.15) is 18.4 Å². The second-order valence-electron chi connectivity index (χ2n) is 5.76. The Labute approximate surface area is 175 Å². The van der Waals surface area contributed by atoms with Crippen LogP contribution in [0.5, 0.6) is 0 Å². The topological polar surface area (TPSA) is 100 Å². The molecule has 0 aliphatic rings. The lowest BCUT2D eigenvalue weighted by Gasteiger charge is -2.11. The molecule has 0 aliphatic carbocycles. The maximum atomic E-state index is 12.7. The van der Waals surface area contributed by atoms with Crippen molar-refractivity contribution in [2.24, 2.45) is 10.7 Å². The third kappa shape index (κ3) is 5.99. The van der Waals surface area contributed by atoms with Crippen molar-refractivity contribution in [2.75, 3.05) is 11.9 Å². The highest BCUT2D eigenvalue weighted by Crippen LogP contribution is 2.29. The summed E-state index contributed by atoms with van der Waals surface area (Å²) in [6.45, 7) is 1.59. The Morgan fingerprint density at radius 2 is 1.80 bits per heavy atom. The van der Waals surface area contributed by atoms with Crippen LogP contribution in [0.2, 0.25) is 5.02 Å². The number of anilines is 1. The van der Waals surface area contributed by atoms with E-state index >= 15 is 0 Å². The van der Waals surface area contributed by atoms with Crippen molar-refractivity contribution in [1.82, 2.24) is 0 Å². The number of carbonyl (C=O) groups excluding carboxylic acids is 1. The Balaban J connectivity index is 2.48. The van der Waals surface area contributed by atoms with E-state index in [4.69, 9.17) is 22.1 Å². The van der Waals surface area contributed by atoms with E-state index in [2.05, 4.69) is 10.3 Å². The number of amidine groups is 1. The van der Waals surface area contributed by atoms with Crippen molar-refractivity contribution in [1.29, 1.82) is 5.26 Å². The van der Waals surface area contributed by atoms with E-state index in [1.165, 1.54) is 0 Å². The first-order valence-electron chi connectivity index (χ1n) is 8.51. The number of hydrogen-bond donors (Lipinski definition) is 2. The van der Waals surface area contributed by atoms with Crippen molar-refractivity contribution < 1.29 is 22.7 Å². The summed E-state index contributed by atoms with van der Waals surface area (Å²) >= 11 is 5.85. The summed E-state index contributed by atoms with van der Waals surface area (Å²) in [5.41, 5.74) is 5.21. The van der Waals surface area contributed by atoms with Crippen LogP contribution >= 0.6 is 11.6 Å². The van der Waals surface area contributed by atoms with Crippen LogP contribution in [0, 0.1) is 11.3 Å². The monoisotopic (exact) mass is 436 g/mol. The average Bonchev–Trinajstić information content (AvgIpc) is 2.69. The minimum Gasteiger partial charge on any atom is -0.462 e. The Hall–Kier alpha value is -3.51. The molecule has 0 saturated heterocycles. The van der Waals surface area contributed by atoms with Gasteiger partial charge in [-0.15, -0.1) is 0 Å². The molecule has 0 heterocycles. The van der Waals surface area contributed by atoms with E-state index < -0.39 is 23.3 Å². The van der Waals surface area contributed by atoms with E-state index in [9.17, 15) is 23.2 Å². The van der Waals surface area contributed by atoms with Crippen LogP contribution in [-0.2, 0) is 15.7 Å². The second-order valence-corrected chi connectivity index (χ2v) is 6.20. The first kappa shape index (κ1) is 22.8. The predicted octanol–water partition coefficient (Wildman–Crippen LogP) is 4.47. The van der Waals surface area contributed by atoms with Crippen LogP contribution in [-0.4, -0.2) is 18.4 Å². The van der Waals surface area contributed by atoms with Crippen molar-refractivity contribution in [2.45, 2.75) is 13.1 Å². The normalized spacial score (nSPS) is 12.6. The van der Waals surface area contributed by atoms with E-state index in [0.717, 1.165) is 24.3 Å². The smallest absolute Gasteiger partial charge is 0.416 e. The molecule has 2 aromatic rings. The van der Waals surface area contributed by atoms with Gasteiger partial charge in [0.2, 0.25) is 0 Å². The number of rotatable bonds is 6. The van der Waals surface area contributed by atoms with Crippen LogP contribution in [0.1, 0.15) is 18.1 Å². The summed E-state index contributed by atoms with van der Waals surface area (Å²) in [4.78, 5) is 16.2. The molecule has 156 valence electrons. The Morgan fingerprint density at radius 1 is 1.20 bits per heavy atom. The highest BCUT2D eigenvalue weighted by molar-refractivity contribution is 6.30. The maximum absolute atomic E-state index is 12.7. The molecular weight excluding hydrogens is 421 g/mol. The summed E-state index contributed by atoms with van der Waals surface area (Å²) < 4.78 is 43.1. The Morgan fingerprint density at radius 3 is 2.30 bits per heavy atom. The van der Waals surface area contributed by atoms with Gasteiger partial charge in [0.25, 0.3) is 0 Å². The molecule has 2 aromatic carbocycles. The van der Waals surface area contributed by atoms with Crippen molar-refractivity contribution in [3.63, 3.8) is 0 Å². The summed E-state index contributed by atoms with van der Waals surface area (Å²) in [7, 11) is 0. The molecule has 0 fully saturated rings. The molecule has 0 bridgehead atoms. The molecule has 2 rings (SSSR count). The SMILES string of the molecule is CCOC(=O)/C(C#N)=C(/N=C(\N)c1ccc(C(F)(F)F)cc1)Nc1ccc(Cl)cc1. The first-order chi connectivity index (χ1) is 14.2. The lowest BCUT2D eigenvalue weighted by molar-refractivity contribution is -0.138. The van der Waals surface area contributed by atoms with Gasteiger partial charge in [-0.3, -0.25) is 0 Å². The van der Waals surface area contributed by atoms with Gasteiger partial charge in [0, 0.05) is 16.3 Å². The molecule has 0 unspecified atom stereocenters. The number of ether oxygens (including phenoxy) is 1. The van der Waals surface area contributed by atoms with Gasteiger partial charge >= 0.3 is 12.1 Å². The number of esters is 1. The van der Waals surface area contributed by atoms with Crippen LogP contribution in [0.4, 0.5) is 18.9 Å². The van der Waals surface area contributed by atoms with E-state index in [1.54, 1.807) is 37.3 Å². The fraction of sp³-hybridized carbons (Fsp3) is 0.150. The third-order valence-electron chi connectivity index (χ3n) is 3.68. The van der Waals surface area contributed by atoms with E-state index in [-0.39, 0.29) is 23.8 Å². The van der Waals surface area contributed by atoms with Crippen molar-refractivity contribution in [3.8, 4) is 6.07 Å². The van der Waals surface area contributed by atoms with Gasteiger partial charge in [-0.1, -0.05) is 23.7 Å². The van der Waals surface area contributed by atoms with Gasteiger partial charge in [-0.25, -0.2) is 9.79 Å². The number of nitrogens with zero attached hydrogens (tertiary/aromatic N) is 2. The van der Waals surface area contributed by atoms with E-state index in [0.29, 0.717) is 10.7 Å². The molecule has 6 nitrogen and oxygen atoms in total. The number of hydrogen-bond acceptors (Lipinski definition) is 5. The quantitative estimate of drug-likeness (QED) is 0.229. The van der Waals surface area contributed by atoms with Crippen LogP contribution in [0.25, 0.3) is 0 Å². The first-order valence-corrected chi connectivity index (χ1v) is 8.89. The third-order valence-corrected chi connectivity index (χ3v) is 3.93. The molecule has 0 amide bonds. The number of nitrogens with two attached hydrogens (primary N) is 1. The summed E-state index contributed by atoms with van der Waals surface area (Å²) in [5.74, 6) is -1.37. The van der Waals surface area contributed by atoms with E-state index in [1.807, 2.05) is 0 Å². The fourth-order valence-electron chi connectivity index (χ4n) is 2.23. The summed E-state index contributed by atoms with van der Waals surface area (Å²) in [6, 6.07) is 12.0. The van der Waals surface area contributed by atoms with Crippen LogP contribution in [0.3, 0.4) is 0 Å². The molecule has 0 aromatic heterocycles. The lowest BCUT2D eigenvalue weighted by atomic mass is 10.1. The fourth-order valence-corrected chi connectivity index (χ4v) is 2.36. The van der Waals surface area contributed by atoms with Crippen molar-refractivity contribution in [3.05, 3.63) is 76.1 Å². The Bertz CT molecular complexity index is 1010. The highest BCUT2D eigenvalue weighted by Gasteiger charge is 2.30. The molecule has 30 heavy (non-hydrogen) atoms. The summed E-state index contributed by atoms with van der Waals surface area (Å²) in [6.07, 6.45) is -4.50. The molecule has 0 aliphatic heterocycles. The summed E-state index contributed by atoms with van der Waals surface area (Å²) in [5, 5.41) is 12.7. The van der Waals surface area contributed by atoms with Gasteiger partial charge in [0.15, 0.2) is 11.4 Å². The van der Waals surface area contributed by atoms with Crippen LogP contribution < -0.4 is 11.1 Å². The Kier molecular flexibility index (Phi) is 7.44. The molecule has 0 radical (unpaired) electrons. The molecule has 3 N–H and O–H groups in total. The van der Waals surface area contributed by atoms with Crippen LogP contribution in [0.15, 0.2) is 64.9 Å². The minimum atomic E-state index is -4.50. The zero-order chi connectivity index (χ0) is 22.3. The standard InChI is InChI=1S/C20H16ClF3N4O2/c1-2-30-19(29)16(11-25)18(27-15-9-7-14(21)8-10-15)28-17(26)12-3-5-13(6-4-12)20(22,23)24/h3-10,27H,2H2,1H3,(H2,26,28)/b18-16+. The highest BCUT2D eigenvalue weighted by atomic mass is 35.5. The van der Waals surface area contributed by atoms with Gasteiger partial charge < -0.3 is 15.8 Å². The minimum absolute atomic E-state index is 0.0241. The molecule has 0 atom stereocenters. The maximum Gasteiger partial charge on any atom is 0.416 e. The number of aliphatic imine (C=N–C) groups is 1. The zero-order valence-corrected chi connectivity index (χ0v) is 16.4. The number of alkyl halides is 3. The second kappa shape index (κ2) is 9.80.